The SMILES string of the molecule is COCCNCc1cccc(Cl)c1OCOCC1CC1. The smallest absolute Gasteiger partial charge is 0.189 e. The van der Waals surface area contributed by atoms with Gasteiger partial charge < -0.3 is 19.5 Å². The third-order valence-corrected chi connectivity index (χ3v) is 3.48. The largest absolute Gasteiger partial charge is 0.466 e. The van der Waals surface area contributed by atoms with Crippen molar-refractivity contribution in [3.05, 3.63) is 28.8 Å². The van der Waals surface area contributed by atoms with Crippen molar-refractivity contribution in [2.45, 2.75) is 19.4 Å². The van der Waals surface area contributed by atoms with Gasteiger partial charge in [-0.05, 0) is 24.8 Å². The third kappa shape index (κ3) is 5.29. The van der Waals surface area contributed by atoms with Crippen LogP contribution in [0.3, 0.4) is 0 Å². The maximum absolute atomic E-state index is 6.19. The van der Waals surface area contributed by atoms with Crippen molar-refractivity contribution in [1.82, 2.24) is 5.32 Å². The second kappa shape index (κ2) is 8.47. The number of hydrogen-bond acceptors (Lipinski definition) is 4. The highest BCUT2D eigenvalue weighted by atomic mass is 35.5. The zero-order valence-corrected chi connectivity index (χ0v) is 12.6. The normalized spacial score (nSPS) is 14.5. The van der Waals surface area contributed by atoms with Gasteiger partial charge in [0.1, 0.15) is 5.75 Å². The predicted molar refractivity (Wildman–Crippen MR) is 79.2 cm³/mol. The van der Waals surface area contributed by atoms with E-state index in [4.69, 9.17) is 25.8 Å². The molecule has 0 bridgehead atoms. The van der Waals surface area contributed by atoms with Gasteiger partial charge >= 0.3 is 0 Å². The molecule has 4 nitrogen and oxygen atoms in total. The van der Waals surface area contributed by atoms with Gasteiger partial charge in [0.2, 0.25) is 0 Å². The second-order valence-electron chi connectivity index (χ2n) is 4.97. The molecule has 2 rings (SSSR count). The van der Waals surface area contributed by atoms with Gasteiger partial charge in [-0.3, -0.25) is 0 Å². The number of ether oxygens (including phenoxy) is 3. The molecule has 0 heterocycles. The molecule has 1 saturated carbocycles. The summed E-state index contributed by atoms with van der Waals surface area (Å²) in [6.45, 7) is 3.21. The van der Waals surface area contributed by atoms with Crippen LogP contribution in [0.2, 0.25) is 5.02 Å². The molecule has 112 valence electrons. The molecule has 0 spiro atoms. The molecule has 0 saturated heterocycles. The average Bonchev–Trinajstić information content (AvgIpc) is 3.26. The fourth-order valence-corrected chi connectivity index (χ4v) is 2.10. The van der Waals surface area contributed by atoms with Gasteiger partial charge in [-0.1, -0.05) is 23.7 Å². The highest BCUT2D eigenvalue weighted by Gasteiger charge is 2.21. The van der Waals surface area contributed by atoms with Crippen LogP contribution in [0.15, 0.2) is 18.2 Å². The highest BCUT2D eigenvalue weighted by Crippen LogP contribution is 2.30. The summed E-state index contributed by atoms with van der Waals surface area (Å²) in [5.74, 6) is 1.44. The quantitative estimate of drug-likeness (QED) is 0.533. The van der Waals surface area contributed by atoms with Gasteiger partial charge in [0.15, 0.2) is 6.79 Å². The lowest BCUT2D eigenvalue weighted by Crippen LogP contribution is -2.19. The van der Waals surface area contributed by atoms with Crippen LogP contribution in [-0.2, 0) is 16.0 Å². The minimum absolute atomic E-state index is 0.255. The van der Waals surface area contributed by atoms with Crippen molar-refractivity contribution < 1.29 is 14.2 Å². The Morgan fingerprint density at radius 1 is 1.35 bits per heavy atom. The van der Waals surface area contributed by atoms with Crippen LogP contribution in [0.5, 0.6) is 5.75 Å². The topological polar surface area (TPSA) is 39.7 Å². The Balaban J connectivity index is 1.80. The minimum atomic E-state index is 0.255. The first kappa shape index (κ1) is 15.6. The van der Waals surface area contributed by atoms with E-state index in [1.165, 1.54) is 12.8 Å². The molecule has 20 heavy (non-hydrogen) atoms. The zero-order chi connectivity index (χ0) is 14.2. The van der Waals surface area contributed by atoms with Crippen molar-refractivity contribution >= 4 is 11.6 Å². The summed E-state index contributed by atoms with van der Waals surface area (Å²) in [6.07, 6.45) is 2.56. The summed E-state index contributed by atoms with van der Waals surface area (Å²) in [5, 5.41) is 3.90. The van der Waals surface area contributed by atoms with Crippen molar-refractivity contribution in [1.29, 1.82) is 0 Å². The van der Waals surface area contributed by atoms with Crippen LogP contribution in [0.1, 0.15) is 18.4 Å². The fraction of sp³-hybridized carbons (Fsp3) is 0.600. The molecule has 5 heteroatoms. The van der Waals surface area contributed by atoms with E-state index in [1.54, 1.807) is 7.11 Å². The van der Waals surface area contributed by atoms with Crippen molar-refractivity contribution in [3.8, 4) is 5.75 Å². The molecule has 0 aliphatic heterocycles. The van der Waals surface area contributed by atoms with Crippen LogP contribution in [-0.4, -0.2) is 33.7 Å². The predicted octanol–water partition coefficient (Wildman–Crippen LogP) is 2.84. The standard InChI is InChI=1S/C15H22ClNO3/c1-18-8-7-17-9-13-3-2-4-14(16)15(13)20-11-19-10-12-5-6-12/h2-4,12,17H,5-11H2,1H3. The Morgan fingerprint density at radius 2 is 2.20 bits per heavy atom. The van der Waals surface area contributed by atoms with E-state index >= 15 is 0 Å². The van der Waals surface area contributed by atoms with E-state index in [0.29, 0.717) is 23.9 Å². The van der Waals surface area contributed by atoms with E-state index in [-0.39, 0.29) is 6.79 Å². The van der Waals surface area contributed by atoms with Crippen molar-refractivity contribution in [2.75, 3.05) is 33.7 Å². The van der Waals surface area contributed by atoms with Gasteiger partial charge in [-0.15, -0.1) is 0 Å². The monoisotopic (exact) mass is 299 g/mol. The summed E-state index contributed by atoms with van der Waals surface area (Å²) in [6, 6.07) is 5.76. The van der Waals surface area contributed by atoms with Gasteiger partial charge in [0.25, 0.3) is 0 Å². The first-order valence-electron chi connectivity index (χ1n) is 6.99. The summed E-state index contributed by atoms with van der Waals surface area (Å²) in [5.41, 5.74) is 1.03. The van der Waals surface area contributed by atoms with E-state index in [9.17, 15) is 0 Å². The Morgan fingerprint density at radius 3 is 2.95 bits per heavy atom. The molecule has 1 N–H and O–H groups in total. The van der Waals surface area contributed by atoms with Crippen molar-refractivity contribution in [2.24, 2.45) is 5.92 Å². The number of halogens is 1. The Hall–Kier alpha value is -0.810. The molecule has 0 amide bonds. The molecule has 1 fully saturated rings. The van der Waals surface area contributed by atoms with Crippen LogP contribution >= 0.6 is 11.6 Å². The first-order valence-corrected chi connectivity index (χ1v) is 7.36. The summed E-state index contributed by atoms with van der Waals surface area (Å²) in [7, 11) is 1.69. The molecule has 1 aliphatic carbocycles. The number of rotatable bonds is 10. The minimum Gasteiger partial charge on any atom is -0.466 e. The molecule has 0 atom stereocenters. The highest BCUT2D eigenvalue weighted by molar-refractivity contribution is 6.32. The van der Waals surface area contributed by atoms with E-state index < -0.39 is 0 Å². The molecule has 1 aromatic rings. The number of methoxy groups -OCH3 is 1. The van der Waals surface area contributed by atoms with Gasteiger partial charge in [-0.2, -0.15) is 0 Å². The van der Waals surface area contributed by atoms with Gasteiger partial charge in [0, 0.05) is 25.8 Å². The maximum atomic E-state index is 6.19. The zero-order valence-electron chi connectivity index (χ0n) is 11.9. The maximum Gasteiger partial charge on any atom is 0.189 e. The molecule has 0 aromatic heterocycles. The second-order valence-corrected chi connectivity index (χ2v) is 5.38. The van der Waals surface area contributed by atoms with E-state index in [1.807, 2.05) is 18.2 Å². The Labute approximate surface area is 125 Å². The molecule has 1 aliphatic rings. The van der Waals surface area contributed by atoms with Gasteiger partial charge in [-0.25, -0.2) is 0 Å². The molecule has 1 aromatic carbocycles. The number of para-hydroxylation sites is 1. The lowest BCUT2D eigenvalue weighted by molar-refractivity contribution is 0.00946. The number of benzene rings is 1. The van der Waals surface area contributed by atoms with Crippen LogP contribution < -0.4 is 10.1 Å². The van der Waals surface area contributed by atoms with Crippen LogP contribution in [0.25, 0.3) is 0 Å². The van der Waals surface area contributed by atoms with E-state index in [2.05, 4.69) is 5.32 Å². The van der Waals surface area contributed by atoms with Crippen LogP contribution in [0, 0.1) is 5.92 Å². The molecule has 0 radical (unpaired) electrons. The third-order valence-electron chi connectivity index (χ3n) is 3.18. The Kier molecular flexibility index (Phi) is 6.60. The summed E-state index contributed by atoms with van der Waals surface area (Å²) in [4.78, 5) is 0. The number of hydrogen-bond donors (Lipinski definition) is 1. The lowest BCUT2D eigenvalue weighted by atomic mass is 10.2. The van der Waals surface area contributed by atoms with Crippen molar-refractivity contribution in [3.63, 3.8) is 0 Å². The summed E-state index contributed by atoms with van der Waals surface area (Å²) >= 11 is 6.19. The number of nitrogens with one attached hydrogen (secondary N) is 1. The average molecular weight is 300 g/mol. The van der Waals surface area contributed by atoms with E-state index in [0.717, 1.165) is 24.6 Å². The van der Waals surface area contributed by atoms with Crippen LogP contribution in [0.4, 0.5) is 0 Å². The Bertz CT molecular complexity index is 410. The molecule has 0 unspecified atom stereocenters. The van der Waals surface area contributed by atoms with Gasteiger partial charge in [0.05, 0.1) is 18.2 Å². The molecular formula is C15H22ClNO3. The summed E-state index contributed by atoms with van der Waals surface area (Å²) < 4.78 is 16.2. The first-order chi connectivity index (χ1) is 9.81. The lowest BCUT2D eigenvalue weighted by Gasteiger charge is -2.14. The fourth-order valence-electron chi connectivity index (χ4n) is 1.85. The molecular weight excluding hydrogens is 278 g/mol.